The molecule has 1 aliphatic rings. The van der Waals surface area contributed by atoms with E-state index in [-0.39, 0.29) is 23.8 Å². The second kappa shape index (κ2) is 7.99. The Balaban J connectivity index is 1.85. The zero-order chi connectivity index (χ0) is 17.7. The van der Waals surface area contributed by atoms with E-state index in [0.29, 0.717) is 31.4 Å². The molecule has 0 radical (unpaired) electrons. The van der Waals surface area contributed by atoms with Crippen molar-refractivity contribution < 1.29 is 23.8 Å². The van der Waals surface area contributed by atoms with Gasteiger partial charge in [-0.1, -0.05) is 0 Å². The van der Waals surface area contributed by atoms with Gasteiger partial charge in [0.15, 0.2) is 0 Å². The van der Waals surface area contributed by atoms with Gasteiger partial charge in [-0.15, -0.1) is 0 Å². The van der Waals surface area contributed by atoms with Gasteiger partial charge in [-0.05, 0) is 51.7 Å². The molecule has 0 saturated heterocycles. The van der Waals surface area contributed by atoms with Crippen LogP contribution in [0, 0.1) is 11.7 Å². The van der Waals surface area contributed by atoms with Crippen LogP contribution < -0.4 is 15.4 Å². The number of nitrogens with one attached hydrogen (secondary N) is 2. The number of rotatable bonds is 5. The summed E-state index contributed by atoms with van der Waals surface area (Å²) in [6, 6.07) is 3.69. The van der Waals surface area contributed by atoms with Crippen molar-refractivity contribution >= 4 is 17.7 Å². The largest absolute Gasteiger partial charge is 0.491 e. The number of carbonyl (C=O) groups excluding carboxylic acids is 1. The van der Waals surface area contributed by atoms with Gasteiger partial charge >= 0.3 is 12.0 Å². The van der Waals surface area contributed by atoms with Crippen LogP contribution in [0.2, 0.25) is 0 Å². The Labute approximate surface area is 140 Å². The maximum atomic E-state index is 14.0. The number of urea groups is 1. The minimum absolute atomic E-state index is 0.0626. The van der Waals surface area contributed by atoms with E-state index in [2.05, 4.69) is 10.6 Å². The molecule has 0 aliphatic heterocycles. The van der Waals surface area contributed by atoms with Crippen LogP contribution >= 0.6 is 0 Å². The molecule has 0 aromatic heterocycles. The van der Waals surface area contributed by atoms with Gasteiger partial charge in [-0.25, -0.2) is 9.18 Å². The highest BCUT2D eigenvalue weighted by Gasteiger charge is 2.26. The molecule has 1 aromatic carbocycles. The monoisotopic (exact) mass is 338 g/mol. The number of hydrogen-bond donors (Lipinski definition) is 3. The second-order valence-electron chi connectivity index (χ2n) is 6.29. The summed E-state index contributed by atoms with van der Waals surface area (Å²) in [5, 5.41) is 14.2. The van der Waals surface area contributed by atoms with Crippen LogP contribution in [0.5, 0.6) is 5.75 Å². The zero-order valence-electron chi connectivity index (χ0n) is 13.8. The molecule has 0 unspecified atom stereocenters. The summed E-state index contributed by atoms with van der Waals surface area (Å²) in [7, 11) is 0. The molecule has 1 fully saturated rings. The predicted molar refractivity (Wildman–Crippen MR) is 87.7 cm³/mol. The van der Waals surface area contributed by atoms with E-state index in [1.165, 1.54) is 12.1 Å². The SMILES string of the molecule is CC(C)Oc1ccc(NC(=O)NC2CCC(C(=O)O)CC2)c(F)c1. The molecule has 2 rings (SSSR count). The number of halogens is 1. The third-order valence-corrected chi connectivity index (χ3v) is 3.97. The average Bonchev–Trinajstić information content (AvgIpc) is 2.50. The Kier molecular flexibility index (Phi) is 6.00. The third-order valence-electron chi connectivity index (χ3n) is 3.97. The highest BCUT2D eigenvalue weighted by Crippen LogP contribution is 2.25. The van der Waals surface area contributed by atoms with Gasteiger partial charge in [0.1, 0.15) is 11.6 Å². The molecule has 24 heavy (non-hydrogen) atoms. The van der Waals surface area contributed by atoms with Crippen molar-refractivity contribution in [1.29, 1.82) is 0 Å². The fourth-order valence-electron chi connectivity index (χ4n) is 2.77. The molecule has 0 heterocycles. The first kappa shape index (κ1) is 18.0. The molecule has 0 bridgehead atoms. The molecule has 2 amide bonds. The predicted octanol–water partition coefficient (Wildman–Crippen LogP) is 3.38. The first-order chi connectivity index (χ1) is 11.3. The fraction of sp³-hybridized carbons (Fsp3) is 0.529. The number of carboxylic acid groups (broad SMARTS) is 1. The number of carbonyl (C=O) groups is 2. The van der Waals surface area contributed by atoms with Crippen molar-refractivity contribution in [3.8, 4) is 5.75 Å². The highest BCUT2D eigenvalue weighted by molar-refractivity contribution is 5.89. The number of aliphatic carboxylic acids is 1. The molecule has 6 nitrogen and oxygen atoms in total. The lowest BCUT2D eigenvalue weighted by atomic mass is 9.86. The molecule has 132 valence electrons. The van der Waals surface area contributed by atoms with Crippen molar-refractivity contribution in [2.24, 2.45) is 5.92 Å². The van der Waals surface area contributed by atoms with Gasteiger partial charge in [-0.3, -0.25) is 4.79 Å². The van der Waals surface area contributed by atoms with Crippen molar-refractivity contribution in [3.63, 3.8) is 0 Å². The molecular weight excluding hydrogens is 315 g/mol. The standard InChI is InChI=1S/C17H23FN2O4/c1-10(2)24-13-7-8-15(14(18)9-13)20-17(23)19-12-5-3-11(4-6-12)16(21)22/h7-12H,3-6H2,1-2H3,(H,21,22)(H2,19,20,23). The van der Waals surface area contributed by atoms with Gasteiger partial charge in [-0.2, -0.15) is 0 Å². The van der Waals surface area contributed by atoms with E-state index in [1.54, 1.807) is 6.07 Å². The second-order valence-corrected chi connectivity index (χ2v) is 6.29. The summed E-state index contributed by atoms with van der Waals surface area (Å²) in [5.41, 5.74) is 0.0721. The minimum Gasteiger partial charge on any atom is -0.491 e. The van der Waals surface area contributed by atoms with Crippen molar-refractivity contribution in [3.05, 3.63) is 24.0 Å². The summed E-state index contributed by atoms with van der Waals surface area (Å²) < 4.78 is 19.4. The fourth-order valence-corrected chi connectivity index (χ4v) is 2.77. The molecule has 7 heteroatoms. The van der Waals surface area contributed by atoms with Crippen LogP contribution in [0.1, 0.15) is 39.5 Å². The Morgan fingerprint density at radius 1 is 1.25 bits per heavy atom. The molecule has 1 aromatic rings. The van der Waals surface area contributed by atoms with E-state index < -0.39 is 17.8 Å². The van der Waals surface area contributed by atoms with E-state index >= 15 is 0 Å². The lowest BCUT2D eigenvalue weighted by molar-refractivity contribution is -0.142. The summed E-state index contributed by atoms with van der Waals surface area (Å²) in [4.78, 5) is 22.9. The number of ether oxygens (including phenoxy) is 1. The molecule has 1 aliphatic carbocycles. The smallest absolute Gasteiger partial charge is 0.319 e. The average molecular weight is 338 g/mol. The van der Waals surface area contributed by atoms with E-state index in [0.717, 1.165) is 0 Å². The summed E-state index contributed by atoms with van der Waals surface area (Å²) >= 11 is 0. The molecule has 3 N–H and O–H groups in total. The summed E-state index contributed by atoms with van der Waals surface area (Å²) in [6.45, 7) is 3.69. The van der Waals surface area contributed by atoms with Gasteiger partial charge in [0.05, 0.1) is 17.7 Å². The topological polar surface area (TPSA) is 87.7 Å². The van der Waals surface area contributed by atoms with Gasteiger partial charge in [0.25, 0.3) is 0 Å². The lowest BCUT2D eigenvalue weighted by Crippen LogP contribution is -2.41. The van der Waals surface area contributed by atoms with E-state index in [4.69, 9.17) is 9.84 Å². The molecular formula is C17H23FN2O4. The van der Waals surface area contributed by atoms with Crippen LogP contribution in [-0.4, -0.2) is 29.3 Å². The number of anilines is 1. The maximum Gasteiger partial charge on any atom is 0.319 e. The van der Waals surface area contributed by atoms with Crippen LogP contribution in [0.4, 0.5) is 14.9 Å². The minimum atomic E-state index is -0.788. The Hall–Kier alpha value is -2.31. The summed E-state index contributed by atoms with van der Waals surface area (Å²) in [6.07, 6.45) is 2.22. The van der Waals surface area contributed by atoms with Crippen molar-refractivity contribution in [2.45, 2.75) is 51.7 Å². The quantitative estimate of drug-likeness (QED) is 0.768. The Morgan fingerprint density at radius 2 is 1.92 bits per heavy atom. The number of benzene rings is 1. The van der Waals surface area contributed by atoms with Crippen molar-refractivity contribution in [2.75, 3.05) is 5.32 Å². The lowest BCUT2D eigenvalue weighted by Gasteiger charge is -2.26. The zero-order valence-corrected chi connectivity index (χ0v) is 13.8. The normalized spacial score (nSPS) is 20.5. The van der Waals surface area contributed by atoms with Gasteiger partial charge in [0.2, 0.25) is 0 Å². The molecule has 1 saturated carbocycles. The Morgan fingerprint density at radius 3 is 2.46 bits per heavy atom. The summed E-state index contributed by atoms with van der Waals surface area (Å²) in [5.74, 6) is -1.29. The molecule has 0 atom stereocenters. The third kappa shape index (κ3) is 5.11. The highest BCUT2D eigenvalue weighted by atomic mass is 19.1. The number of carboxylic acids is 1. The maximum absolute atomic E-state index is 14.0. The van der Waals surface area contributed by atoms with Crippen molar-refractivity contribution in [1.82, 2.24) is 5.32 Å². The first-order valence-corrected chi connectivity index (χ1v) is 8.11. The van der Waals surface area contributed by atoms with Crippen LogP contribution in [0.15, 0.2) is 18.2 Å². The van der Waals surface area contributed by atoms with E-state index in [9.17, 15) is 14.0 Å². The molecule has 0 spiro atoms. The van der Waals surface area contributed by atoms with Gasteiger partial charge in [0, 0.05) is 12.1 Å². The van der Waals surface area contributed by atoms with Crippen LogP contribution in [-0.2, 0) is 4.79 Å². The first-order valence-electron chi connectivity index (χ1n) is 8.11. The van der Waals surface area contributed by atoms with Crippen LogP contribution in [0.25, 0.3) is 0 Å². The number of amides is 2. The number of hydrogen-bond acceptors (Lipinski definition) is 3. The van der Waals surface area contributed by atoms with Gasteiger partial charge < -0.3 is 20.5 Å². The van der Waals surface area contributed by atoms with Crippen LogP contribution in [0.3, 0.4) is 0 Å². The van der Waals surface area contributed by atoms with E-state index in [1.807, 2.05) is 13.8 Å². The Bertz CT molecular complexity index is 598.